The maximum absolute atomic E-state index is 13.8. The number of benzene rings is 2. The summed E-state index contributed by atoms with van der Waals surface area (Å²) in [6.45, 7) is 0. The Morgan fingerprint density at radius 1 is 1.05 bits per heavy atom. The maximum atomic E-state index is 13.8. The second kappa shape index (κ2) is 5.35. The smallest absolute Gasteiger partial charge is 0.261 e. The normalized spacial score (nSPS) is 10.8. The minimum atomic E-state index is -0.528. The maximum Gasteiger partial charge on any atom is 0.261 e. The molecule has 0 radical (unpaired) electrons. The molecule has 4 nitrogen and oxygen atoms in total. The van der Waals surface area contributed by atoms with Crippen molar-refractivity contribution < 1.29 is 8.91 Å². The van der Waals surface area contributed by atoms with Crippen molar-refractivity contribution in [3.8, 4) is 22.8 Å². The first kappa shape index (κ1) is 13.9. The summed E-state index contributed by atoms with van der Waals surface area (Å²) in [5, 5.41) is 4.61. The molecular formula is C14H8Cl2FN3O. The van der Waals surface area contributed by atoms with E-state index >= 15 is 0 Å². The molecule has 0 aliphatic heterocycles. The lowest BCUT2D eigenvalue weighted by Gasteiger charge is -1.98. The Morgan fingerprint density at radius 3 is 2.57 bits per heavy atom. The van der Waals surface area contributed by atoms with E-state index < -0.39 is 5.82 Å². The zero-order valence-electron chi connectivity index (χ0n) is 10.5. The molecular weight excluding hydrogens is 316 g/mol. The second-order valence-electron chi connectivity index (χ2n) is 4.29. The van der Waals surface area contributed by atoms with E-state index in [4.69, 9.17) is 33.5 Å². The molecule has 3 aromatic rings. The van der Waals surface area contributed by atoms with Gasteiger partial charge in [0.2, 0.25) is 5.82 Å². The average molecular weight is 324 g/mol. The van der Waals surface area contributed by atoms with Crippen LogP contribution in [0.2, 0.25) is 10.0 Å². The molecule has 7 heteroatoms. The van der Waals surface area contributed by atoms with Gasteiger partial charge in [0.05, 0.1) is 15.6 Å². The molecule has 0 aliphatic carbocycles. The molecule has 0 fully saturated rings. The monoisotopic (exact) mass is 323 g/mol. The molecule has 2 aromatic carbocycles. The first-order valence-electron chi connectivity index (χ1n) is 5.89. The van der Waals surface area contributed by atoms with Crippen LogP contribution in [0.25, 0.3) is 22.8 Å². The molecule has 0 unspecified atom stereocenters. The molecule has 0 saturated heterocycles. The lowest BCUT2D eigenvalue weighted by Crippen LogP contribution is -1.89. The third-order valence-electron chi connectivity index (χ3n) is 2.83. The summed E-state index contributed by atoms with van der Waals surface area (Å²) >= 11 is 11.8. The van der Waals surface area contributed by atoms with Gasteiger partial charge in [0, 0.05) is 11.3 Å². The highest BCUT2D eigenvalue weighted by atomic mass is 35.5. The van der Waals surface area contributed by atoms with E-state index in [2.05, 4.69) is 10.1 Å². The third kappa shape index (κ3) is 2.70. The molecule has 0 bridgehead atoms. The van der Waals surface area contributed by atoms with Crippen molar-refractivity contribution in [3.63, 3.8) is 0 Å². The number of hydrogen-bond donors (Lipinski definition) is 1. The predicted octanol–water partition coefficient (Wildman–Crippen LogP) is 4.43. The summed E-state index contributed by atoms with van der Waals surface area (Å²) in [4.78, 5) is 4.15. The van der Waals surface area contributed by atoms with E-state index in [-0.39, 0.29) is 11.5 Å². The largest absolute Gasteiger partial charge is 0.399 e. The van der Waals surface area contributed by atoms with Crippen LogP contribution in [0.5, 0.6) is 0 Å². The Morgan fingerprint density at radius 2 is 1.86 bits per heavy atom. The predicted molar refractivity (Wildman–Crippen MR) is 79.6 cm³/mol. The van der Waals surface area contributed by atoms with Crippen LogP contribution >= 0.6 is 23.2 Å². The summed E-state index contributed by atoms with van der Waals surface area (Å²) in [5.41, 5.74) is 6.62. The quantitative estimate of drug-likeness (QED) is 0.708. The van der Waals surface area contributed by atoms with Gasteiger partial charge in [0.1, 0.15) is 5.82 Å². The van der Waals surface area contributed by atoms with Gasteiger partial charge in [0.25, 0.3) is 5.89 Å². The van der Waals surface area contributed by atoms with Gasteiger partial charge in [-0.2, -0.15) is 4.98 Å². The Kier molecular flexibility index (Phi) is 3.53. The molecule has 0 saturated carbocycles. The van der Waals surface area contributed by atoms with Crippen molar-refractivity contribution in [2.75, 3.05) is 5.73 Å². The Hall–Kier alpha value is -2.11. The summed E-state index contributed by atoms with van der Waals surface area (Å²) in [6.07, 6.45) is 0. The van der Waals surface area contributed by atoms with Crippen LogP contribution < -0.4 is 5.73 Å². The average Bonchev–Trinajstić information content (AvgIpc) is 2.91. The van der Waals surface area contributed by atoms with Gasteiger partial charge < -0.3 is 10.3 Å². The summed E-state index contributed by atoms with van der Waals surface area (Å²) < 4.78 is 18.9. The second-order valence-corrected chi connectivity index (χ2v) is 5.11. The van der Waals surface area contributed by atoms with Crippen LogP contribution in [-0.2, 0) is 0 Å². The van der Waals surface area contributed by atoms with E-state index in [1.807, 2.05) is 0 Å². The lowest BCUT2D eigenvalue weighted by atomic mass is 10.2. The highest BCUT2D eigenvalue weighted by Gasteiger charge is 2.15. The van der Waals surface area contributed by atoms with E-state index in [0.717, 1.165) is 0 Å². The number of rotatable bonds is 2. The number of hydrogen-bond acceptors (Lipinski definition) is 4. The fourth-order valence-electron chi connectivity index (χ4n) is 1.79. The fourth-order valence-corrected chi connectivity index (χ4v) is 2.09. The van der Waals surface area contributed by atoms with Crippen LogP contribution in [0.1, 0.15) is 0 Å². The zero-order chi connectivity index (χ0) is 15.0. The fraction of sp³-hybridized carbons (Fsp3) is 0. The van der Waals surface area contributed by atoms with Crippen molar-refractivity contribution in [2.24, 2.45) is 0 Å². The van der Waals surface area contributed by atoms with Gasteiger partial charge in [0.15, 0.2) is 0 Å². The molecule has 0 aliphatic rings. The minimum Gasteiger partial charge on any atom is -0.399 e. The van der Waals surface area contributed by atoms with Crippen molar-refractivity contribution >= 4 is 28.9 Å². The summed E-state index contributed by atoms with van der Waals surface area (Å²) in [7, 11) is 0. The van der Waals surface area contributed by atoms with Gasteiger partial charge in [-0.1, -0.05) is 28.4 Å². The lowest BCUT2D eigenvalue weighted by molar-refractivity contribution is 0.429. The van der Waals surface area contributed by atoms with E-state index in [1.165, 1.54) is 12.1 Å². The third-order valence-corrected chi connectivity index (χ3v) is 3.57. The Labute approximate surface area is 129 Å². The molecule has 1 heterocycles. The van der Waals surface area contributed by atoms with Gasteiger partial charge in [-0.3, -0.25) is 0 Å². The number of nitrogens with two attached hydrogens (primary N) is 1. The number of halogens is 3. The van der Waals surface area contributed by atoms with E-state index in [0.29, 0.717) is 27.1 Å². The zero-order valence-corrected chi connectivity index (χ0v) is 12.0. The molecule has 0 spiro atoms. The number of anilines is 1. The van der Waals surface area contributed by atoms with Crippen LogP contribution in [0.4, 0.5) is 10.1 Å². The first-order valence-corrected chi connectivity index (χ1v) is 6.65. The molecule has 21 heavy (non-hydrogen) atoms. The molecule has 0 amide bonds. The molecule has 2 N–H and O–H groups in total. The number of nitrogens with zero attached hydrogens (tertiary/aromatic N) is 2. The van der Waals surface area contributed by atoms with E-state index in [9.17, 15) is 4.39 Å². The van der Waals surface area contributed by atoms with Gasteiger partial charge in [-0.25, -0.2) is 4.39 Å². The van der Waals surface area contributed by atoms with Crippen molar-refractivity contribution in [1.82, 2.24) is 10.1 Å². The molecule has 3 rings (SSSR count). The Bertz CT molecular complexity index is 820. The SMILES string of the molecule is Nc1ccc(-c2nc(-c3ccc(Cl)c(Cl)c3)no2)c(F)c1. The van der Waals surface area contributed by atoms with Gasteiger partial charge in [-0.05, 0) is 36.4 Å². The van der Waals surface area contributed by atoms with E-state index in [1.54, 1.807) is 24.3 Å². The van der Waals surface area contributed by atoms with Crippen molar-refractivity contribution in [2.45, 2.75) is 0 Å². The summed E-state index contributed by atoms with van der Waals surface area (Å²) in [5.74, 6) is -0.173. The Balaban J connectivity index is 2.01. The highest BCUT2D eigenvalue weighted by molar-refractivity contribution is 6.42. The highest BCUT2D eigenvalue weighted by Crippen LogP contribution is 2.29. The van der Waals surface area contributed by atoms with Crippen molar-refractivity contribution in [3.05, 3.63) is 52.3 Å². The first-order chi connectivity index (χ1) is 10.0. The van der Waals surface area contributed by atoms with Crippen LogP contribution in [-0.4, -0.2) is 10.1 Å². The van der Waals surface area contributed by atoms with Crippen LogP contribution in [0, 0.1) is 5.82 Å². The topological polar surface area (TPSA) is 64.9 Å². The van der Waals surface area contributed by atoms with Crippen LogP contribution in [0.3, 0.4) is 0 Å². The van der Waals surface area contributed by atoms with Gasteiger partial charge >= 0.3 is 0 Å². The number of nitrogen functional groups attached to an aromatic ring is 1. The molecule has 106 valence electrons. The van der Waals surface area contributed by atoms with Gasteiger partial charge in [-0.15, -0.1) is 0 Å². The standard InChI is InChI=1S/C14H8Cl2FN3O/c15-10-4-1-7(5-11(10)16)13-19-14(21-20-13)9-3-2-8(18)6-12(9)17/h1-6H,18H2. The molecule has 1 aromatic heterocycles. The minimum absolute atomic E-state index is 0.0635. The van der Waals surface area contributed by atoms with Crippen molar-refractivity contribution in [1.29, 1.82) is 0 Å². The summed E-state index contributed by atoms with van der Waals surface area (Å²) in [6, 6.07) is 9.16. The van der Waals surface area contributed by atoms with Crippen LogP contribution in [0.15, 0.2) is 40.9 Å². The molecule has 0 atom stereocenters. The number of aromatic nitrogens is 2.